The fraction of sp³-hybridized carbons (Fsp3) is 0.533. The van der Waals surface area contributed by atoms with Crippen LogP contribution in [0.15, 0.2) is 30.3 Å². The Labute approximate surface area is 110 Å². The monoisotopic (exact) mass is 248 g/mol. The second-order valence-corrected chi connectivity index (χ2v) is 5.88. The molecule has 0 aliphatic rings. The Morgan fingerprint density at radius 2 is 1.72 bits per heavy atom. The number of rotatable bonds is 3. The van der Waals surface area contributed by atoms with Crippen LogP contribution in [0.4, 0.5) is 0 Å². The smallest absolute Gasteiger partial charge is 0.240 e. The van der Waals surface area contributed by atoms with Crippen LogP contribution in [-0.2, 0) is 4.79 Å². The summed E-state index contributed by atoms with van der Waals surface area (Å²) in [5.74, 6) is -0.0150. The van der Waals surface area contributed by atoms with Crippen molar-refractivity contribution >= 4 is 5.91 Å². The van der Waals surface area contributed by atoms with Crippen LogP contribution in [0.3, 0.4) is 0 Å². The van der Waals surface area contributed by atoms with E-state index in [2.05, 4.69) is 0 Å². The molecule has 0 aliphatic heterocycles. The highest BCUT2D eigenvalue weighted by atomic mass is 16.2. The Bertz CT molecular complexity index is 395. The van der Waals surface area contributed by atoms with Crippen LogP contribution in [0, 0.1) is 5.41 Å². The Morgan fingerprint density at radius 1 is 1.22 bits per heavy atom. The minimum Gasteiger partial charge on any atom is -0.338 e. The van der Waals surface area contributed by atoms with E-state index in [-0.39, 0.29) is 17.4 Å². The van der Waals surface area contributed by atoms with Crippen LogP contribution in [0.5, 0.6) is 0 Å². The minimum atomic E-state index is -0.478. The van der Waals surface area contributed by atoms with Crippen molar-refractivity contribution in [3.8, 4) is 0 Å². The van der Waals surface area contributed by atoms with Gasteiger partial charge in [-0.1, -0.05) is 51.1 Å². The molecule has 2 atom stereocenters. The molecular formula is C15H24N2O. The highest BCUT2D eigenvalue weighted by Crippen LogP contribution is 2.23. The zero-order valence-electron chi connectivity index (χ0n) is 12.0. The normalized spacial score (nSPS) is 15.0. The molecule has 100 valence electrons. The van der Waals surface area contributed by atoms with Gasteiger partial charge in [0.05, 0.1) is 12.1 Å². The van der Waals surface area contributed by atoms with Gasteiger partial charge >= 0.3 is 0 Å². The van der Waals surface area contributed by atoms with Crippen LogP contribution in [0.2, 0.25) is 0 Å². The maximum atomic E-state index is 12.3. The molecule has 0 fully saturated rings. The lowest BCUT2D eigenvalue weighted by atomic mass is 9.86. The Balaban J connectivity index is 2.82. The van der Waals surface area contributed by atoms with E-state index in [0.717, 1.165) is 5.56 Å². The fourth-order valence-electron chi connectivity index (χ4n) is 1.74. The number of nitrogens with two attached hydrogens (primary N) is 1. The summed E-state index contributed by atoms with van der Waals surface area (Å²) in [6.45, 7) is 7.96. The summed E-state index contributed by atoms with van der Waals surface area (Å²) in [6, 6.07) is 9.54. The first-order valence-corrected chi connectivity index (χ1v) is 6.32. The lowest BCUT2D eigenvalue weighted by Crippen LogP contribution is -2.49. The molecule has 3 nitrogen and oxygen atoms in total. The lowest BCUT2D eigenvalue weighted by molar-refractivity contribution is -0.135. The average molecular weight is 248 g/mol. The summed E-state index contributed by atoms with van der Waals surface area (Å²) in [6.07, 6.45) is 0. The first-order chi connectivity index (χ1) is 8.25. The van der Waals surface area contributed by atoms with E-state index in [1.165, 1.54) is 0 Å². The van der Waals surface area contributed by atoms with Gasteiger partial charge in [0.25, 0.3) is 0 Å². The quantitative estimate of drug-likeness (QED) is 0.893. The Hall–Kier alpha value is -1.35. The summed E-state index contributed by atoms with van der Waals surface area (Å²) in [5, 5.41) is 0. The van der Waals surface area contributed by atoms with E-state index in [4.69, 9.17) is 5.73 Å². The second-order valence-electron chi connectivity index (χ2n) is 5.88. The molecule has 0 bridgehead atoms. The minimum absolute atomic E-state index is 0.0150. The standard InChI is InChI=1S/C15H24N2O/c1-11(12-9-7-6-8-10-12)17(5)14(18)13(16)15(2,3)4/h6-11,13H,16H2,1-5H3. The van der Waals surface area contributed by atoms with Gasteiger partial charge in [0.1, 0.15) is 0 Å². The largest absolute Gasteiger partial charge is 0.338 e. The van der Waals surface area contributed by atoms with Crippen molar-refractivity contribution in [3.63, 3.8) is 0 Å². The molecule has 2 unspecified atom stereocenters. The number of likely N-dealkylation sites (N-methyl/N-ethyl adjacent to an activating group) is 1. The molecule has 3 heteroatoms. The predicted octanol–water partition coefficient (Wildman–Crippen LogP) is 2.58. The molecular weight excluding hydrogens is 224 g/mol. The molecule has 0 aromatic heterocycles. The number of nitrogens with zero attached hydrogens (tertiary/aromatic N) is 1. The molecule has 0 heterocycles. The molecule has 1 amide bonds. The van der Waals surface area contributed by atoms with Gasteiger partial charge in [-0.05, 0) is 17.9 Å². The molecule has 0 aliphatic carbocycles. The number of hydrogen-bond acceptors (Lipinski definition) is 2. The first-order valence-electron chi connectivity index (χ1n) is 6.32. The maximum Gasteiger partial charge on any atom is 0.240 e. The van der Waals surface area contributed by atoms with Crippen molar-refractivity contribution in [2.45, 2.75) is 39.8 Å². The van der Waals surface area contributed by atoms with Crippen molar-refractivity contribution in [3.05, 3.63) is 35.9 Å². The van der Waals surface area contributed by atoms with Gasteiger partial charge in [0.15, 0.2) is 0 Å². The van der Waals surface area contributed by atoms with E-state index in [9.17, 15) is 4.79 Å². The van der Waals surface area contributed by atoms with Gasteiger partial charge in [-0.3, -0.25) is 4.79 Å². The number of hydrogen-bond donors (Lipinski definition) is 1. The zero-order valence-corrected chi connectivity index (χ0v) is 12.0. The molecule has 2 N–H and O–H groups in total. The van der Waals surface area contributed by atoms with Crippen LogP contribution >= 0.6 is 0 Å². The number of carbonyl (C=O) groups is 1. The first kappa shape index (κ1) is 14.7. The summed E-state index contributed by atoms with van der Waals surface area (Å²) in [5.41, 5.74) is 6.92. The third-order valence-electron chi connectivity index (χ3n) is 3.41. The Morgan fingerprint density at radius 3 is 2.17 bits per heavy atom. The molecule has 1 aromatic rings. The average Bonchev–Trinajstić information content (AvgIpc) is 2.35. The van der Waals surface area contributed by atoms with Gasteiger partial charge in [-0.15, -0.1) is 0 Å². The molecule has 1 aromatic carbocycles. The van der Waals surface area contributed by atoms with Crippen LogP contribution < -0.4 is 5.73 Å². The summed E-state index contributed by atoms with van der Waals surface area (Å²) in [7, 11) is 1.81. The predicted molar refractivity (Wildman–Crippen MR) is 75.1 cm³/mol. The van der Waals surface area contributed by atoms with Crippen molar-refractivity contribution < 1.29 is 4.79 Å². The van der Waals surface area contributed by atoms with Crippen LogP contribution in [0.25, 0.3) is 0 Å². The molecule has 18 heavy (non-hydrogen) atoms. The number of benzene rings is 1. The number of carbonyl (C=O) groups excluding carboxylic acids is 1. The van der Waals surface area contributed by atoms with E-state index in [0.29, 0.717) is 0 Å². The summed E-state index contributed by atoms with van der Waals surface area (Å²) < 4.78 is 0. The van der Waals surface area contributed by atoms with Gasteiger partial charge in [0.2, 0.25) is 5.91 Å². The molecule has 0 spiro atoms. The van der Waals surface area contributed by atoms with Crippen molar-refractivity contribution in [2.75, 3.05) is 7.05 Å². The molecule has 0 saturated heterocycles. The maximum absolute atomic E-state index is 12.3. The lowest BCUT2D eigenvalue weighted by Gasteiger charge is -2.33. The molecule has 0 saturated carbocycles. The van der Waals surface area contributed by atoms with Gasteiger partial charge in [0, 0.05) is 7.05 Å². The van der Waals surface area contributed by atoms with Crippen molar-refractivity contribution in [1.29, 1.82) is 0 Å². The molecule has 0 radical (unpaired) electrons. The van der Waals surface area contributed by atoms with Gasteiger partial charge in [-0.25, -0.2) is 0 Å². The SMILES string of the molecule is CC(c1ccccc1)N(C)C(=O)C(N)C(C)(C)C. The van der Waals surface area contributed by atoms with E-state index in [1.807, 2.05) is 65.1 Å². The van der Waals surface area contributed by atoms with Crippen molar-refractivity contribution in [2.24, 2.45) is 11.1 Å². The topological polar surface area (TPSA) is 46.3 Å². The number of amides is 1. The highest BCUT2D eigenvalue weighted by Gasteiger charge is 2.31. The van der Waals surface area contributed by atoms with Gasteiger partial charge in [-0.2, -0.15) is 0 Å². The third-order valence-corrected chi connectivity index (χ3v) is 3.41. The van der Waals surface area contributed by atoms with Crippen LogP contribution in [0.1, 0.15) is 39.3 Å². The summed E-state index contributed by atoms with van der Waals surface area (Å²) >= 11 is 0. The fourth-order valence-corrected chi connectivity index (χ4v) is 1.74. The van der Waals surface area contributed by atoms with E-state index >= 15 is 0 Å². The van der Waals surface area contributed by atoms with Gasteiger partial charge < -0.3 is 10.6 Å². The van der Waals surface area contributed by atoms with E-state index < -0.39 is 6.04 Å². The van der Waals surface area contributed by atoms with E-state index in [1.54, 1.807) is 4.90 Å². The molecule has 1 rings (SSSR count). The zero-order chi connectivity index (χ0) is 13.9. The highest BCUT2D eigenvalue weighted by molar-refractivity contribution is 5.82. The van der Waals surface area contributed by atoms with Crippen LogP contribution in [-0.4, -0.2) is 23.9 Å². The third kappa shape index (κ3) is 3.33. The Kier molecular flexibility index (Phi) is 4.52. The summed E-state index contributed by atoms with van der Waals surface area (Å²) in [4.78, 5) is 14.0. The van der Waals surface area contributed by atoms with Crippen molar-refractivity contribution in [1.82, 2.24) is 4.90 Å². The second kappa shape index (κ2) is 5.53.